The summed E-state index contributed by atoms with van der Waals surface area (Å²) in [6, 6.07) is 13.2. The lowest BCUT2D eigenvalue weighted by Crippen LogP contribution is -2.12. The van der Waals surface area contributed by atoms with E-state index in [1.54, 1.807) is 12.1 Å². The largest absolute Gasteiger partial charge is 0.494 e. The topological polar surface area (TPSA) is 77.3 Å². The zero-order valence-corrected chi connectivity index (χ0v) is 17.8. The standard InChI is InChI=1S/C24H30N2O4/c1-3-5-6-7-8-9-24(28)30-23-17-13-20(12-16-22(23)27)26-25-19-10-14-21(15-11-19)29-18-4-2/h10-17H,3-9,18H2,1-2H3. The molecule has 0 aliphatic carbocycles. The predicted molar refractivity (Wildman–Crippen MR) is 118 cm³/mol. The fourth-order valence-corrected chi connectivity index (χ4v) is 2.68. The Morgan fingerprint density at radius 3 is 2.10 bits per heavy atom. The molecule has 0 atom stereocenters. The van der Waals surface area contributed by atoms with E-state index in [9.17, 15) is 9.59 Å². The highest BCUT2D eigenvalue weighted by molar-refractivity contribution is 5.72. The van der Waals surface area contributed by atoms with Crippen molar-refractivity contribution in [3.63, 3.8) is 0 Å². The molecule has 2 rings (SSSR count). The van der Waals surface area contributed by atoms with Gasteiger partial charge in [-0.1, -0.05) is 39.5 Å². The van der Waals surface area contributed by atoms with Gasteiger partial charge in [-0.15, -0.1) is 0 Å². The number of carbonyl (C=O) groups excluding carboxylic acids is 1. The Kier molecular flexibility index (Phi) is 10.3. The molecule has 160 valence electrons. The maximum absolute atomic E-state index is 12.2. The minimum atomic E-state index is -0.386. The highest BCUT2D eigenvalue weighted by Gasteiger charge is 2.07. The van der Waals surface area contributed by atoms with E-state index < -0.39 is 0 Å². The molecule has 0 fully saturated rings. The number of esters is 1. The SMILES string of the molecule is CCCCCCCC(=O)Oc1ccc(N=Nc2ccc(OCCC)cc2)ccc1=O. The second kappa shape index (κ2) is 13.2. The van der Waals surface area contributed by atoms with Crippen LogP contribution < -0.4 is 14.9 Å². The molecule has 0 spiro atoms. The second-order valence-electron chi connectivity index (χ2n) is 7.00. The molecule has 0 amide bonds. The van der Waals surface area contributed by atoms with Crippen molar-refractivity contribution in [3.8, 4) is 11.5 Å². The van der Waals surface area contributed by atoms with Crippen LogP contribution in [0.3, 0.4) is 0 Å². The average Bonchev–Trinajstić information content (AvgIpc) is 2.93. The van der Waals surface area contributed by atoms with Gasteiger partial charge in [-0.25, -0.2) is 0 Å². The lowest BCUT2D eigenvalue weighted by molar-refractivity contribution is -0.134. The molecule has 2 aromatic carbocycles. The zero-order valence-electron chi connectivity index (χ0n) is 17.8. The molecule has 6 nitrogen and oxygen atoms in total. The molecule has 0 saturated carbocycles. The van der Waals surface area contributed by atoms with Crippen molar-refractivity contribution in [1.29, 1.82) is 0 Å². The van der Waals surface area contributed by atoms with E-state index in [0.29, 0.717) is 24.4 Å². The van der Waals surface area contributed by atoms with Crippen LogP contribution >= 0.6 is 0 Å². The highest BCUT2D eigenvalue weighted by Crippen LogP contribution is 2.21. The summed E-state index contributed by atoms with van der Waals surface area (Å²) in [5.41, 5.74) is 0.788. The summed E-state index contributed by atoms with van der Waals surface area (Å²) >= 11 is 0. The summed E-state index contributed by atoms with van der Waals surface area (Å²) in [6.07, 6.45) is 6.46. The molecular formula is C24H30N2O4. The van der Waals surface area contributed by atoms with E-state index >= 15 is 0 Å². The van der Waals surface area contributed by atoms with E-state index in [-0.39, 0.29) is 17.1 Å². The van der Waals surface area contributed by atoms with Crippen LogP contribution in [0.1, 0.15) is 58.8 Å². The van der Waals surface area contributed by atoms with Gasteiger partial charge in [0.15, 0.2) is 5.75 Å². The molecule has 0 heterocycles. The Labute approximate surface area is 178 Å². The Morgan fingerprint density at radius 1 is 0.800 bits per heavy atom. The minimum absolute atomic E-state index is 0.00688. The number of azo groups is 1. The zero-order chi connectivity index (χ0) is 21.6. The average molecular weight is 411 g/mol. The lowest BCUT2D eigenvalue weighted by atomic mass is 10.1. The molecule has 0 bridgehead atoms. The highest BCUT2D eigenvalue weighted by atomic mass is 16.5. The van der Waals surface area contributed by atoms with Crippen LogP contribution in [0.25, 0.3) is 0 Å². The quantitative estimate of drug-likeness (QED) is 0.227. The van der Waals surface area contributed by atoms with Crippen LogP contribution in [-0.4, -0.2) is 12.6 Å². The Balaban J connectivity index is 1.94. The molecule has 2 aromatic rings. The van der Waals surface area contributed by atoms with Crippen LogP contribution in [0, 0.1) is 0 Å². The van der Waals surface area contributed by atoms with Gasteiger partial charge in [0.2, 0.25) is 5.43 Å². The maximum Gasteiger partial charge on any atom is 0.311 e. The number of unbranched alkanes of at least 4 members (excludes halogenated alkanes) is 4. The van der Waals surface area contributed by atoms with Crippen LogP contribution in [0.15, 0.2) is 63.6 Å². The van der Waals surface area contributed by atoms with Crippen LogP contribution in [-0.2, 0) is 4.79 Å². The van der Waals surface area contributed by atoms with Gasteiger partial charge in [0, 0.05) is 6.42 Å². The first-order valence-electron chi connectivity index (χ1n) is 10.6. The number of ether oxygens (including phenoxy) is 2. The fourth-order valence-electron chi connectivity index (χ4n) is 2.68. The van der Waals surface area contributed by atoms with E-state index in [1.165, 1.54) is 18.6 Å². The molecule has 0 saturated heterocycles. The summed E-state index contributed by atoms with van der Waals surface area (Å²) in [4.78, 5) is 24.1. The van der Waals surface area contributed by atoms with Crippen molar-refractivity contribution < 1.29 is 14.3 Å². The first-order valence-corrected chi connectivity index (χ1v) is 10.6. The molecule has 0 aliphatic heterocycles. The van der Waals surface area contributed by atoms with Crippen molar-refractivity contribution in [2.24, 2.45) is 10.2 Å². The van der Waals surface area contributed by atoms with Gasteiger partial charge in [-0.3, -0.25) is 9.59 Å². The number of hydrogen-bond donors (Lipinski definition) is 0. The van der Waals surface area contributed by atoms with Crippen molar-refractivity contribution >= 4 is 17.3 Å². The smallest absolute Gasteiger partial charge is 0.311 e. The number of carbonyl (C=O) groups is 1. The van der Waals surface area contributed by atoms with E-state index in [2.05, 4.69) is 24.1 Å². The normalized spacial score (nSPS) is 10.9. The number of nitrogens with zero attached hydrogens (tertiary/aromatic N) is 2. The van der Waals surface area contributed by atoms with E-state index in [0.717, 1.165) is 37.9 Å². The van der Waals surface area contributed by atoms with Crippen LogP contribution in [0.5, 0.6) is 11.5 Å². The number of hydrogen-bond acceptors (Lipinski definition) is 6. The van der Waals surface area contributed by atoms with Gasteiger partial charge in [0.25, 0.3) is 0 Å². The Morgan fingerprint density at radius 2 is 1.43 bits per heavy atom. The Bertz CT molecular complexity index is 879. The summed E-state index contributed by atoms with van der Waals surface area (Å²) < 4.78 is 10.8. The third-order valence-corrected chi connectivity index (χ3v) is 4.35. The van der Waals surface area contributed by atoms with Crippen LogP contribution in [0.2, 0.25) is 0 Å². The molecule has 0 aliphatic rings. The first-order chi connectivity index (χ1) is 14.6. The number of benzene rings is 1. The van der Waals surface area contributed by atoms with Gasteiger partial charge in [-0.05, 0) is 61.4 Å². The van der Waals surface area contributed by atoms with Gasteiger partial charge >= 0.3 is 5.97 Å². The molecule has 0 radical (unpaired) electrons. The molecule has 0 unspecified atom stereocenters. The fraction of sp³-hybridized carbons (Fsp3) is 0.417. The lowest BCUT2D eigenvalue weighted by Gasteiger charge is -2.03. The molecule has 30 heavy (non-hydrogen) atoms. The van der Waals surface area contributed by atoms with Gasteiger partial charge in [-0.2, -0.15) is 10.2 Å². The molecular weight excluding hydrogens is 380 g/mol. The molecule has 0 aromatic heterocycles. The van der Waals surface area contributed by atoms with E-state index in [1.807, 2.05) is 24.3 Å². The molecule has 6 heteroatoms. The maximum atomic E-state index is 12.2. The van der Waals surface area contributed by atoms with Gasteiger partial charge in [0.1, 0.15) is 5.75 Å². The van der Waals surface area contributed by atoms with Crippen molar-refractivity contribution in [2.45, 2.75) is 58.8 Å². The Hall–Kier alpha value is -3.02. The minimum Gasteiger partial charge on any atom is -0.494 e. The monoisotopic (exact) mass is 410 g/mol. The summed E-state index contributed by atoms with van der Waals surface area (Å²) in [5, 5.41) is 8.32. The van der Waals surface area contributed by atoms with Crippen LogP contribution in [0.4, 0.5) is 11.4 Å². The second-order valence-corrected chi connectivity index (χ2v) is 7.00. The first kappa shape index (κ1) is 23.3. The van der Waals surface area contributed by atoms with Gasteiger partial charge in [0.05, 0.1) is 18.0 Å². The number of rotatable bonds is 12. The van der Waals surface area contributed by atoms with Crippen molar-refractivity contribution in [2.75, 3.05) is 6.61 Å². The van der Waals surface area contributed by atoms with Crippen molar-refractivity contribution in [3.05, 3.63) is 58.8 Å². The van der Waals surface area contributed by atoms with Crippen molar-refractivity contribution in [1.82, 2.24) is 0 Å². The van der Waals surface area contributed by atoms with Gasteiger partial charge < -0.3 is 9.47 Å². The third kappa shape index (κ3) is 8.55. The molecule has 0 N–H and O–H groups in total. The third-order valence-electron chi connectivity index (χ3n) is 4.35. The summed E-state index contributed by atoms with van der Waals surface area (Å²) in [7, 11) is 0. The van der Waals surface area contributed by atoms with E-state index in [4.69, 9.17) is 9.47 Å². The summed E-state index contributed by atoms with van der Waals surface area (Å²) in [5.74, 6) is 0.408. The summed E-state index contributed by atoms with van der Waals surface area (Å²) in [6.45, 7) is 4.87. The predicted octanol–water partition coefficient (Wildman–Crippen LogP) is 6.52.